The Bertz CT molecular complexity index is 379. The molecule has 17 heavy (non-hydrogen) atoms. The molecule has 1 aromatic carbocycles. The topological polar surface area (TPSA) is 66.6 Å². The third-order valence-corrected chi connectivity index (χ3v) is 2.89. The number of nitrogens with zero attached hydrogens (tertiary/aromatic N) is 1. The fourth-order valence-electron chi connectivity index (χ4n) is 2.09. The van der Waals surface area contributed by atoms with Gasteiger partial charge in [0.25, 0.3) is 0 Å². The van der Waals surface area contributed by atoms with Gasteiger partial charge in [0.05, 0.1) is 6.54 Å². The number of hydrogen-bond donors (Lipinski definition) is 2. The van der Waals surface area contributed by atoms with E-state index >= 15 is 0 Å². The third-order valence-electron chi connectivity index (χ3n) is 2.89. The van der Waals surface area contributed by atoms with E-state index in [9.17, 15) is 9.90 Å². The number of primary amides is 1. The first-order valence-corrected chi connectivity index (χ1v) is 5.90. The van der Waals surface area contributed by atoms with Gasteiger partial charge < -0.3 is 10.8 Å². The Balaban J connectivity index is 2.97. The number of carbonyl (C=O) groups excluding carboxylic acids is 1. The van der Waals surface area contributed by atoms with Crippen LogP contribution in [0.4, 0.5) is 0 Å². The van der Waals surface area contributed by atoms with E-state index in [0.717, 1.165) is 18.5 Å². The van der Waals surface area contributed by atoms with Gasteiger partial charge in [-0.05, 0) is 19.0 Å². The Morgan fingerprint density at radius 2 is 2.06 bits per heavy atom. The second-order valence-electron chi connectivity index (χ2n) is 4.01. The number of phenols is 1. The molecule has 1 atom stereocenters. The number of carbonyl (C=O) groups is 1. The van der Waals surface area contributed by atoms with E-state index in [0.29, 0.717) is 0 Å². The second-order valence-corrected chi connectivity index (χ2v) is 4.01. The number of para-hydroxylation sites is 1. The molecule has 1 aromatic rings. The van der Waals surface area contributed by atoms with Crippen molar-refractivity contribution in [2.75, 3.05) is 13.1 Å². The maximum absolute atomic E-state index is 11.0. The SMILES string of the molecule is CCC(c1ccccc1O)N(CC)CC(N)=O. The molecule has 1 unspecified atom stereocenters. The summed E-state index contributed by atoms with van der Waals surface area (Å²) in [6.07, 6.45) is 0.818. The summed E-state index contributed by atoms with van der Waals surface area (Å²) in [5, 5.41) is 9.85. The number of rotatable bonds is 6. The number of nitrogens with two attached hydrogens (primary N) is 1. The van der Waals surface area contributed by atoms with Crippen LogP contribution < -0.4 is 5.73 Å². The van der Waals surface area contributed by atoms with Gasteiger partial charge in [-0.2, -0.15) is 0 Å². The zero-order valence-corrected chi connectivity index (χ0v) is 10.4. The number of hydrogen-bond acceptors (Lipinski definition) is 3. The highest BCUT2D eigenvalue weighted by atomic mass is 16.3. The molecule has 0 bridgehead atoms. The Labute approximate surface area is 102 Å². The van der Waals surface area contributed by atoms with Crippen molar-refractivity contribution in [3.8, 4) is 5.75 Å². The molecule has 0 saturated carbocycles. The average molecular weight is 236 g/mol. The first kappa shape index (κ1) is 13.5. The van der Waals surface area contributed by atoms with Crippen LogP contribution in [0.1, 0.15) is 31.9 Å². The molecule has 3 N–H and O–H groups in total. The molecule has 0 fully saturated rings. The van der Waals surface area contributed by atoms with E-state index in [2.05, 4.69) is 0 Å². The molecule has 4 heteroatoms. The molecule has 0 aliphatic heterocycles. The zero-order chi connectivity index (χ0) is 12.8. The predicted molar refractivity (Wildman–Crippen MR) is 67.6 cm³/mol. The maximum Gasteiger partial charge on any atom is 0.231 e. The summed E-state index contributed by atoms with van der Waals surface area (Å²) in [7, 11) is 0. The Morgan fingerprint density at radius 1 is 1.41 bits per heavy atom. The van der Waals surface area contributed by atoms with Crippen molar-refractivity contribution in [2.24, 2.45) is 5.73 Å². The molecule has 0 saturated heterocycles. The van der Waals surface area contributed by atoms with Crippen LogP contribution >= 0.6 is 0 Å². The quantitative estimate of drug-likeness (QED) is 0.789. The minimum Gasteiger partial charge on any atom is -0.508 e. The Hall–Kier alpha value is -1.55. The van der Waals surface area contributed by atoms with Gasteiger partial charge in [0, 0.05) is 11.6 Å². The molecule has 94 valence electrons. The van der Waals surface area contributed by atoms with Crippen molar-refractivity contribution in [1.29, 1.82) is 0 Å². The van der Waals surface area contributed by atoms with E-state index in [-0.39, 0.29) is 24.2 Å². The highest BCUT2D eigenvalue weighted by molar-refractivity contribution is 5.76. The maximum atomic E-state index is 11.0. The van der Waals surface area contributed by atoms with Gasteiger partial charge in [-0.1, -0.05) is 32.0 Å². The lowest BCUT2D eigenvalue weighted by Crippen LogP contribution is -2.36. The van der Waals surface area contributed by atoms with E-state index in [1.807, 2.05) is 30.9 Å². The largest absolute Gasteiger partial charge is 0.508 e. The van der Waals surface area contributed by atoms with Crippen LogP contribution in [0.25, 0.3) is 0 Å². The number of likely N-dealkylation sites (N-methyl/N-ethyl adjacent to an activating group) is 1. The summed E-state index contributed by atoms with van der Waals surface area (Å²) in [4.78, 5) is 13.0. The van der Waals surface area contributed by atoms with Crippen LogP contribution in [-0.2, 0) is 4.79 Å². The third kappa shape index (κ3) is 3.46. The van der Waals surface area contributed by atoms with Crippen LogP contribution in [0, 0.1) is 0 Å². The minimum absolute atomic E-state index is 0.0219. The standard InChI is InChI=1S/C13H20N2O2/c1-3-11(15(4-2)9-13(14)17)10-7-5-6-8-12(10)16/h5-8,11,16H,3-4,9H2,1-2H3,(H2,14,17). The number of benzene rings is 1. The van der Waals surface area contributed by atoms with E-state index in [1.165, 1.54) is 0 Å². The summed E-state index contributed by atoms with van der Waals surface area (Å²) < 4.78 is 0. The van der Waals surface area contributed by atoms with Crippen molar-refractivity contribution >= 4 is 5.91 Å². The highest BCUT2D eigenvalue weighted by Gasteiger charge is 2.21. The Kier molecular flexibility index (Phi) is 4.97. The molecule has 0 spiro atoms. The number of aromatic hydroxyl groups is 1. The lowest BCUT2D eigenvalue weighted by molar-refractivity contribution is -0.119. The van der Waals surface area contributed by atoms with Crippen molar-refractivity contribution < 1.29 is 9.90 Å². The molecule has 0 aromatic heterocycles. The van der Waals surface area contributed by atoms with Gasteiger partial charge in [0.2, 0.25) is 5.91 Å². The van der Waals surface area contributed by atoms with E-state index in [4.69, 9.17) is 5.73 Å². The Morgan fingerprint density at radius 3 is 2.53 bits per heavy atom. The molecule has 0 radical (unpaired) electrons. The summed E-state index contributed by atoms with van der Waals surface area (Å²) in [5.74, 6) is -0.0806. The first-order chi connectivity index (χ1) is 8.10. The van der Waals surface area contributed by atoms with Gasteiger partial charge in [-0.15, -0.1) is 0 Å². The molecule has 1 amide bonds. The van der Waals surface area contributed by atoms with Crippen molar-refractivity contribution in [3.63, 3.8) is 0 Å². The highest BCUT2D eigenvalue weighted by Crippen LogP contribution is 2.30. The van der Waals surface area contributed by atoms with E-state index in [1.54, 1.807) is 12.1 Å². The fourth-order valence-corrected chi connectivity index (χ4v) is 2.09. The predicted octanol–water partition coefficient (Wildman–Crippen LogP) is 1.65. The van der Waals surface area contributed by atoms with Gasteiger partial charge in [0.15, 0.2) is 0 Å². The monoisotopic (exact) mass is 236 g/mol. The summed E-state index contributed by atoms with van der Waals surface area (Å²) in [6, 6.07) is 7.24. The van der Waals surface area contributed by atoms with E-state index < -0.39 is 0 Å². The molecular formula is C13H20N2O2. The fraction of sp³-hybridized carbons (Fsp3) is 0.462. The molecular weight excluding hydrogens is 216 g/mol. The zero-order valence-electron chi connectivity index (χ0n) is 10.4. The summed E-state index contributed by atoms with van der Waals surface area (Å²) >= 11 is 0. The van der Waals surface area contributed by atoms with Crippen molar-refractivity contribution in [1.82, 2.24) is 4.90 Å². The van der Waals surface area contributed by atoms with Gasteiger partial charge >= 0.3 is 0 Å². The van der Waals surface area contributed by atoms with Crippen molar-refractivity contribution in [2.45, 2.75) is 26.3 Å². The minimum atomic E-state index is -0.347. The number of amides is 1. The molecule has 4 nitrogen and oxygen atoms in total. The smallest absolute Gasteiger partial charge is 0.231 e. The van der Waals surface area contributed by atoms with Crippen LogP contribution in [0.15, 0.2) is 24.3 Å². The number of phenolic OH excluding ortho intramolecular Hbond substituents is 1. The summed E-state index contributed by atoms with van der Waals surface area (Å²) in [6.45, 7) is 4.94. The second kappa shape index (κ2) is 6.25. The average Bonchev–Trinajstić information content (AvgIpc) is 2.30. The first-order valence-electron chi connectivity index (χ1n) is 5.90. The van der Waals surface area contributed by atoms with Gasteiger partial charge in [-0.25, -0.2) is 0 Å². The van der Waals surface area contributed by atoms with Crippen LogP contribution in [0.2, 0.25) is 0 Å². The van der Waals surface area contributed by atoms with Gasteiger partial charge in [0.1, 0.15) is 5.75 Å². The van der Waals surface area contributed by atoms with Crippen LogP contribution in [-0.4, -0.2) is 29.0 Å². The van der Waals surface area contributed by atoms with Crippen LogP contribution in [0.5, 0.6) is 5.75 Å². The lowest BCUT2D eigenvalue weighted by atomic mass is 10.0. The summed E-state index contributed by atoms with van der Waals surface area (Å²) in [5.41, 5.74) is 6.08. The molecule has 1 rings (SSSR count). The molecule has 0 aliphatic rings. The van der Waals surface area contributed by atoms with Gasteiger partial charge in [-0.3, -0.25) is 9.69 Å². The normalized spacial score (nSPS) is 12.6. The molecule has 0 aliphatic carbocycles. The molecule has 0 heterocycles. The lowest BCUT2D eigenvalue weighted by Gasteiger charge is -2.29. The van der Waals surface area contributed by atoms with Crippen molar-refractivity contribution in [3.05, 3.63) is 29.8 Å². The van der Waals surface area contributed by atoms with Crippen LogP contribution in [0.3, 0.4) is 0 Å².